The van der Waals surface area contributed by atoms with Gasteiger partial charge in [0, 0.05) is 18.0 Å². The first-order chi connectivity index (χ1) is 18.3. The summed E-state index contributed by atoms with van der Waals surface area (Å²) >= 11 is 0. The van der Waals surface area contributed by atoms with Crippen LogP contribution in [0.25, 0.3) is 65.7 Å². The SMILES string of the molecule is Cc1cncc(-c2ccc(-c3c4ccccc4c(-c4ccccc4)c4ccccc34)c3ccccc23)c1. The second kappa shape index (κ2) is 8.72. The van der Waals surface area contributed by atoms with Gasteiger partial charge in [0.05, 0.1) is 0 Å². The van der Waals surface area contributed by atoms with Gasteiger partial charge in [0.2, 0.25) is 0 Å². The Bertz CT molecular complexity index is 1880. The van der Waals surface area contributed by atoms with E-state index in [1.165, 1.54) is 65.7 Å². The summed E-state index contributed by atoms with van der Waals surface area (Å²) in [6.45, 7) is 2.10. The molecular formula is C36H25N. The molecule has 0 unspecified atom stereocenters. The van der Waals surface area contributed by atoms with Gasteiger partial charge in [-0.1, -0.05) is 115 Å². The van der Waals surface area contributed by atoms with Gasteiger partial charge in [0.15, 0.2) is 0 Å². The number of nitrogens with zero attached hydrogens (tertiary/aromatic N) is 1. The zero-order valence-electron chi connectivity index (χ0n) is 20.6. The third-order valence-electron chi connectivity index (χ3n) is 7.37. The highest BCUT2D eigenvalue weighted by atomic mass is 14.6. The number of hydrogen-bond donors (Lipinski definition) is 0. The molecule has 1 heteroatoms. The van der Waals surface area contributed by atoms with E-state index in [9.17, 15) is 0 Å². The van der Waals surface area contributed by atoms with Crippen molar-refractivity contribution in [1.29, 1.82) is 0 Å². The summed E-state index contributed by atoms with van der Waals surface area (Å²) in [6.07, 6.45) is 3.88. The average molecular weight is 472 g/mol. The first-order valence-corrected chi connectivity index (χ1v) is 12.7. The summed E-state index contributed by atoms with van der Waals surface area (Å²) in [5.74, 6) is 0. The third-order valence-corrected chi connectivity index (χ3v) is 7.37. The molecular weight excluding hydrogens is 446 g/mol. The van der Waals surface area contributed by atoms with Crippen molar-refractivity contribution in [1.82, 2.24) is 4.98 Å². The molecule has 0 aliphatic rings. The van der Waals surface area contributed by atoms with Gasteiger partial charge in [-0.05, 0) is 78.7 Å². The normalized spacial score (nSPS) is 11.4. The molecule has 7 aromatic rings. The van der Waals surface area contributed by atoms with Gasteiger partial charge in [0.1, 0.15) is 0 Å². The van der Waals surface area contributed by atoms with Crippen LogP contribution in [-0.4, -0.2) is 4.98 Å². The minimum absolute atomic E-state index is 1.15. The number of benzene rings is 6. The van der Waals surface area contributed by atoms with Gasteiger partial charge < -0.3 is 0 Å². The topological polar surface area (TPSA) is 12.9 Å². The highest BCUT2D eigenvalue weighted by molar-refractivity contribution is 6.24. The molecule has 0 saturated heterocycles. The van der Waals surface area contributed by atoms with Crippen LogP contribution in [0, 0.1) is 6.92 Å². The Kier molecular flexibility index (Phi) is 5.08. The molecule has 0 aliphatic carbocycles. The monoisotopic (exact) mass is 471 g/mol. The Hall–Kier alpha value is -4.75. The number of fused-ring (bicyclic) bond motifs is 3. The standard InChI is InChI=1S/C36H25N/c1-24-21-26(23-37-22-24)27-19-20-34(29-14-6-5-13-28(27)29)36-32-17-9-7-15-30(32)35(25-11-3-2-4-12-25)31-16-8-10-18-33(31)36/h2-23H,1H3. The van der Waals surface area contributed by atoms with Gasteiger partial charge >= 0.3 is 0 Å². The van der Waals surface area contributed by atoms with Crippen LogP contribution in [0.2, 0.25) is 0 Å². The van der Waals surface area contributed by atoms with Gasteiger partial charge in [-0.25, -0.2) is 0 Å². The van der Waals surface area contributed by atoms with E-state index in [1.54, 1.807) is 0 Å². The maximum Gasteiger partial charge on any atom is 0.0346 e. The van der Waals surface area contributed by atoms with Crippen LogP contribution in [-0.2, 0) is 0 Å². The minimum atomic E-state index is 1.15. The molecule has 0 aliphatic heterocycles. The van der Waals surface area contributed by atoms with Crippen LogP contribution in [0.4, 0.5) is 0 Å². The van der Waals surface area contributed by atoms with Gasteiger partial charge in [-0.3, -0.25) is 4.98 Å². The van der Waals surface area contributed by atoms with Crippen molar-refractivity contribution < 1.29 is 0 Å². The van der Waals surface area contributed by atoms with E-state index in [0.717, 1.165) is 5.56 Å². The second-order valence-electron chi connectivity index (χ2n) is 9.66. The van der Waals surface area contributed by atoms with Crippen LogP contribution in [0.3, 0.4) is 0 Å². The van der Waals surface area contributed by atoms with Crippen LogP contribution < -0.4 is 0 Å². The quantitative estimate of drug-likeness (QED) is 0.234. The number of rotatable bonds is 3. The molecule has 6 aromatic carbocycles. The van der Waals surface area contributed by atoms with Crippen LogP contribution in [0.1, 0.15) is 5.56 Å². The van der Waals surface area contributed by atoms with Crippen molar-refractivity contribution in [2.75, 3.05) is 0 Å². The summed E-state index contributed by atoms with van der Waals surface area (Å²) in [7, 11) is 0. The van der Waals surface area contributed by atoms with E-state index in [2.05, 4.69) is 133 Å². The molecule has 1 aromatic heterocycles. The first-order valence-electron chi connectivity index (χ1n) is 12.7. The highest BCUT2D eigenvalue weighted by Gasteiger charge is 2.18. The average Bonchev–Trinajstić information content (AvgIpc) is 2.96. The largest absolute Gasteiger partial charge is 0.264 e. The number of hydrogen-bond acceptors (Lipinski definition) is 1. The lowest BCUT2D eigenvalue weighted by molar-refractivity contribution is 1.27. The fourth-order valence-electron chi connectivity index (χ4n) is 5.81. The maximum atomic E-state index is 4.47. The lowest BCUT2D eigenvalue weighted by Crippen LogP contribution is -1.92. The van der Waals surface area contributed by atoms with Gasteiger partial charge in [0.25, 0.3) is 0 Å². The molecule has 0 bridgehead atoms. The predicted octanol–water partition coefficient (Wildman–Crippen LogP) is 9.85. The van der Waals surface area contributed by atoms with Crippen LogP contribution in [0.5, 0.6) is 0 Å². The number of aryl methyl sites for hydroxylation is 1. The van der Waals surface area contributed by atoms with Crippen molar-refractivity contribution in [2.45, 2.75) is 6.92 Å². The Labute approximate surface area is 216 Å². The molecule has 0 fully saturated rings. The maximum absolute atomic E-state index is 4.47. The Morgan fingerprint density at radius 3 is 1.49 bits per heavy atom. The molecule has 37 heavy (non-hydrogen) atoms. The molecule has 0 spiro atoms. The third kappa shape index (κ3) is 3.51. The van der Waals surface area contributed by atoms with Crippen molar-refractivity contribution in [3.63, 3.8) is 0 Å². The lowest BCUT2D eigenvalue weighted by atomic mass is 9.84. The number of aromatic nitrogens is 1. The zero-order chi connectivity index (χ0) is 24.8. The van der Waals surface area contributed by atoms with E-state index in [1.807, 2.05) is 12.4 Å². The Balaban J connectivity index is 1.61. The summed E-state index contributed by atoms with van der Waals surface area (Å²) < 4.78 is 0. The van der Waals surface area contributed by atoms with E-state index in [4.69, 9.17) is 0 Å². The fourth-order valence-corrected chi connectivity index (χ4v) is 5.81. The minimum Gasteiger partial charge on any atom is -0.264 e. The predicted molar refractivity (Wildman–Crippen MR) is 158 cm³/mol. The summed E-state index contributed by atoms with van der Waals surface area (Å²) in [6, 6.07) is 44.0. The van der Waals surface area contributed by atoms with Gasteiger partial charge in [-0.2, -0.15) is 0 Å². The molecule has 174 valence electrons. The summed E-state index contributed by atoms with van der Waals surface area (Å²) in [4.78, 5) is 4.47. The Morgan fingerprint density at radius 2 is 0.892 bits per heavy atom. The van der Waals surface area contributed by atoms with Crippen molar-refractivity contribution >= 4 is 32.3 Å². The molecule has 7 rings (SSSR count). The van der Waals surface area contributed by atoms with E-state index < -0.39 is 0 Å². The molecule has 1 nitrogen and oxygen atoms in total. The summed E-state index contributed by atoms with van der Waals surface area (Å²) in [5.41, 5.74) is 8.61. The van der Waals surface area contributed by atoms with E-state index in [0.29, 0.717) is 0 Å². The molecule has 0 radical (unpaired) electrons. The molecule has 0 N–H and O–H groups in total. The van der Waals surface area contributed by atoms with Crippen LogP contribution >= 0.6 is 0 Å². The second-order valence-corrected chi connectivity index (χ2v) is 9.66. The molecule has 0 saturated carbocycles. The fraction of sp³-hybridized carbons (Fsp3) is 0.0278. The summed E-state index contributed by atoms with van der Waals surface area (Å²) in [5, 5.41) is 7.60. The van der Waals surface area contributed by atoms with E-state index in [-0.39, 0.29) is 0 Å². The number of pyridine rings is 1. The molecule has 0 atom stereocenters. The first kappa shape index (κ1) is 21.5. The van der Waals surface area contributed by atoms with E-state index >= 15 is 0 Å². The Morgan fingerprint density at radius 1 is 0.405 bits per heavy atom. The molecule has 0 amide bonds. The highest BCUT2D eigenvalue weighted by Crippen LogP contribution is 2.46. The van der Waals surface area contributed by atoms with Crippen molar-refractivity contribution in [3.05, 3.63) is 139 Å². The van der Waals surface area contributed by atoms with Gasteiger partial charge in [-0.15, -0.1) is 0 Å². The van der Waals surface area contributed by atoms with Crippen LogP contribution in [0.15, 0.2) is 134 Å². The van der Waals surface area contributed by atoms with Crippen molar-refractivity contribution in [2.24, 2.45) is 0 Å². The molecule has 1 heterocycles. The zero-order valence-corrected chi connectivity index (χ0v) is 20.6. The smallest absolute Gasteiger partial charge is 0.0346 e. The lowest BCUT2D eigenvalue weighted by Gasteiger charge is -2.19. The van der Waals surface area contributed by atoms with Crippen molar-refractivity contribution in [3.8, 4) is 33.4 Å².